The van der Waals surface area contributed by atoms with Crippen molar-refractivity contribution in [3.05, 3.63) is 24.2 Å². The first-order chi connectivity index (χ1) is 8.81. The summed E-state index contributed by atoms with van der Waals surface area (Å²) in [6.07, 6.45) is 3.39. The van der Waals surface area contributed by atoms with E-state index in [1.54, 1.807) is 13.4 Å². The van der Waals surface area contributed by atoms with Gasteiger partial charge in [0.1, 0.15) is 11.8 Å². The van der Waals surface area contributed by atoms with Crippen molar-refractivity contribution in [1.29, 1.82) is 0 Å². The van der Waals surface area contributed by atoms with Gasteiger partial charge in [0.05, 0.1) is 12.9 Å². The monoisotopic (exact) mass is 252 g/mol. The maximum atomic E-state index is 12.1. The number of carbonyl (C=O) groups is 1. The number of methoxy groups -OCH3 is 1. The molecule has 0 aromatic carbocycles. The lowest BCUT2D eigenvalue weighted by atomic mass is 9.97. The highest BCUT2D eigenvalue weighted by Gasteiger charge is 2.24. The Morgan fingerprint density at radius 1 is 1.61 bits per heavy atom. The van der Waals surface area contributed by atoms with Gasteiger partial charge in [0.15, 0.2) is 0 Å². The van der Waals surface area contributed by atoms with Crippen LogP contribution in [0.4, 0.5) is 0 Å². The molecule has 1 atom stereocenters. The molecular weight excluding hydrogens is 232 g/mol. The summed E-state index contributed by atoms with van der Waals surface area (Å²) in [4.78, 5) is 12.1. The molecule has 100 valence electrons. The van der Waals surface area contributed by atoms with Crippen molar-refractivity contribution >= 4 is 5.91 Å². The van der Waals surface area contributed by atoms with Crippen molar-refractivity contribution in [2.75, 3.05) is 26.8 Å². The maximum Gasteiger partial charge on any atom is 0.223 e. The molecule has 0 aliphatic carbocycles. The van der Waals surface area contributed by atoms with E-state index in [-0.39, 0.29) is 17.9 Å². The van der Waals surface area contributed by atoms with Gasteiger partial charge in [-0.25, -0.2) is 0 Å². The number of hydrogen-bond acceptors (Lipinski definition) is 4. The molecule has 2 rings (SSSR count). The van der Waals surface area contributed by atoms with E-state index >= 15 is 0 Å². The van der Waals surface area contributed by atoms with E-state index in [0.717, 1.165) is 31.7 Å². The van der Waals surface area contributed by atoms with Gasteiger partial charge in [0.25, 0.3) is 0 Å². The Morgan fingerprint density at radius 3 is 3.00 bits per heavy atom. The van der Waals surface area contributed by atoms with Crippen LogP contribution in [-0.2, 0) is 9.53 Å². The molecule has 0 spiro atoms. The zero-order valence-electron chi connectivity index (χ0n) is 10.6. The van der Waals surface area contributed by atoms with E-state index in [9.17, 15) is 4.79 Å². The number of nitrogens with one attached hydrogen (secondary N) is 2. The van der Waals surface area contributed by atoms with Crippen molar-refractivity contribution < 1.29 is 13.9 Å². The minimum absolute atomic E-state index is 0.0925. The Kier molecular flexibility index (Phi) is 4.78. The summed E-state index contributed by atoms with van der Waals surface area (Å²) in [6, 6.07) is 3.47. The summed E-state index contributed by atoms with van der Waals surface area (Å²) >= 11 is 0. The molecule has 1 amide bonds. The lowest BCUT2D eigenvalue weighted by Gasteiger charge is -2.24. The van der Waals surface area contributed by atoms with Gasteiger partial charge in [-0.1, -0.05) is 0 Å². The van der Waals surface area contributed by atoms with E-state index in [2.05, 4.69) is 10.6 Å². The van der Waals surface area contributed by atoms with E-state index in [1.165, 1.54) is 0 Å². The van der Waals surface area contributed by atoms with E-state index < -0.39 is 0 Å². The van der Waals surface area contributed by atoms with Crippen LogP contribution in [0.15, 0.2) is 22.8 Å². The molecule has 1 aliphatic rings. The Hall–Kier alpha value is -1.33. The molecule has 1 aliphatic heterocycles. The second-order valence-corrected chi connectivity index (χ2v) is 4.56. The Balaban J connectivity index is 1.93. The molecule has 0 bridgehead atoms. The van der Waals surface area contributed by atoms with Crippen LogP contribution in [0.25, 0.3) is 0 Å². The summed E-state index contributed by atoms with van der Waals surface area (Å²) in [5.74, 6) is 0.926. The van der Waals surface area contributed by atoms with Gasteiger partial charge < -0.3 is 19.8 Å². The zero-order chi connectivity index (χ0) is 12.8. The molecular formula is C13H20N2O3. The average Bonchev–Trinajstić information content (AvgIpc) is 2.93. The van der Waals surface area contributed by atoms with Gasteiger partial charge in [0, 0.05) is 13.0 Å². The van der Waals surface area contributed by atoms with Crippen LogP contribution >= 0.6 is 0 Å². The third-order valence-electron chi connectivity index (χ3n) is 3.25. The van der Waals surface area contributed by atoms with Crippen LogP contribution in [0.5, 0.6) is 0 Å². The molecule has 0 saturated carbocycles. The van der Waals surface area contributed by atoms with Crippen LogP contribution in [0.1, 0.15) is 24.6 Å². The molecule has 1 aromatic heterocycles. The second kappa shape index (κ2) is 6.56. The molecule has 1 aromatic rings. The fourth-order valence-electron chi connectivity index (χ4n) is 2.22. The molecule has 2 N–H and O–H groups in total. The van der Waals surface area contributed by atoms with Crippen molar-refractivity contribution in [1.82, 2.24) is 10.6 Å². The summed E-state index contributed by atoms with van der Waals surface area (Å²) in [6.45, 7) is 2.24. The van der Waals surface area contributed by atoms with Crippen LogP contribution in [-0.4, -0.2) is 32.7 Å². The number of hydrogen-bond donors (Lipinski definition) is 2. The van der Waals surface area contributed by atoms with Gasteiger partial charge in [-0.3, -0.25) is 4.79 Å². The van der Waals surface area contributed by atoms with Gasteiger partial charge in [-0.15, -0.1) is 0 Å². The van der Waals surface area contributed by atoms with Crippen molar-refractivity contribution in [2.24, 2.45) is 5.92 Å². The minimum Gasteiger partial charge on any atom is -0.467 e. The molecule has 2 heterocycles. The Morgan fingerprint density at radius 2 is 2.39 bits per heavy atom. The first kappa shape index (κ1) is 13.1. The van der Waals surface area contributed by atoms with Crippen molar-refractivity contribution in [3.8, 4) is 0 Å². The number of ether oxygens (including phenoxy) is 1. The van der Waals surface area contributed by atoms with Crippen LogP contribution < -0.4 is 10.6 Å². The number of carbonyl (C=O) groups excluding carboxylic acids is 1. The standard InChI is InChI=1S/C13H20N2O3/c1-17-9-11(12-3-2-8-18-12)15-13(16)10-4-6-14-7-5-10/h2-3,8,10-11,14H,4-7,9H2,1H3,(H,15,16). The molecule has 1 fully saturated rings. The number of rotatable bonds is 5. The first-order valence-corrected chi connectivity index (χ1v) is 6.34. The normalized spacial score (nSPS) is 18.5. The quantitative estimate of drug-likeness (QED) is 0.823. The molecule has 1 unspecified atom stereocenters. The highest BCUT2D eigenvalue weighted by Crippen LogP contribution is 2.17. The van der Waals surface area contributed by atoms with Gasteiger partial charge in [-0.05, 0) is 38.1 Å². The SMILES string of the molecule is COCC(NC(=O)C1CCNCC1)c1ccco1. The Labute approximate surface area is 107 Å². The van der Waals surface area contributed by atoms with Crippen molar-refractivity contribution in [3.63, 3.8) is 0 Å². The molecule has 5 heteroatoms. The second-order valence-electron chi connectivity index (χ2n) is 4.56. The predicted octanol–water partition coefficient (Wildman–Crippen LogP) is 1.08. The van der Waals surface area contributed by atoms with E-state index in [1.807, 2.05) is 12.1 Å². The highest BCUT2D eigenvalue weighted by atomic mass is 16.5. The molecule has 5 nitrogen and oxygen atoms in total. The summed E-state index contributed by atoms with van der Waals surface area (Å²) in [5, 5.41) is 6.26. The third kappa shape index (κ3) is 3.34. The van der Waals surface area contributed by atoms with Crippen LogP contribution in [0, 0.1) is 5.92 Å². The molecule has 1 saturated heterocycles. The topological polar surface area (TPSA) is 63.5 Å². The molecule has 0 radical (unpaired) electrons. The predicted molar refractivity (Wildman–Crippen MR) is 67.1 cm³/mol. The fourth-order valence-corrected chi connectivity index (χ4v) is 2.22. The first-order valence-electron chi connectivity index (χ1n) is 6.34. The Bertz CT molecular complexity index is 358. The lowest BCUT2D eigenvalue weighted by Crippen LogP contribution is -2.40. The highest BCUT2D eigenvalue weighted by molar-refractivity contribution is 5.79. The van der Waals surface area contributed by atoms with E-state index in [4.69, 9.17) is 9.15 Å². The molecule has 18 heavy (non-hydrogen) atoms. The average molecular weight is 252 g/mol. The van der Waals surface area contributed by atoms with Crippen LogP contribution in [0.2, 0.25) is 0 Å². The smallest absolute Gasteiger partial charge is 0.223 e. The summed E-state index contributed by atoms with van der Waals surface area (Å²) in [7, 11) is 1.62. The van der Waals surface area contributed by atoms with Gasteiger partial charge >= 0.3 is 0 Å². The number of amides is 1. The van der Waals surface area contributed by atoms with Gasteiger partial charge in [-0.2, -0.15) is 0 Å². The van der Waals surface area contributed by atoms with Crippen LogP contribution in [0.3, 0.4) is 0 Å². The number of piperidine rings is 1. The summed E-state index contributed by atoms with van der Waals surface area (Å²) < 4.78 is 10.5. The van der Waals surface area contributed by atoms with Crippen molar-refractivity contribution in [2.45, 2.75) is 18.9 Å². The lowest BCUT2D eigenvalue weighted by molar-refractivity contribution is -0.127. The minimum atomic E-state index is -0.201. The number of furan rings is 1. The third-order valence-corrected chi connectivity index (χ3v) is 3.25. The fraction of sp³-hybridized carbons (Fsp3) is 0.615. The van der Waals surface area contributed by atoms with Gasteiger partial charge in [0.2, 0.25) is 5.91 Å². The summed E-state index contributed by atoms with van der Waals surface area (Å²) in [5.41, 5.74) is 0. The maximum absolute atomic E-state index is 12.1. The zero-order valence-corrected chi connectivity index (χ0v) is 10.6. The largest absolute Gasteiger partial charge is 0.467 e. The van der Waals surface area contributed by atoms with E-state index in [0.29, 0.717) is 6.61 Å².